The van der Waals surface area contributed by atoms with Crippen LogP contribution in [0.3, 0.4) is 0 Å². The van der Waals surface area contributed by atoms with Gasteiger partial charge in [0.15, 0.2) is 0 Å². The van der Waals surface area contributed by atoms with E-state index in [0.717, 1.165) is 19.4 Å². The van der Waals surface area contributed by atoms with Gasteiger partial charge in [-0.15, -0.1) is 0 Å². The molecular weight excluding hydrogens is 194 g/mol. The molecule has 0 saturated carbocycles. The van der Waals surface area contributed by atoms with E-state index in [2.05, 4.69) is 0 Å². The summed E-state index contributed by atoms with van der Waals surface area (Å²) in [6.07, 6.45) is 1.28. The molecule has 1 saturated heterocycles. The van der Waals surface area contributed by atoms with E-state index in [4.69, 9.17) is 9.84 Å². The van der Waals surface area contributed by atoms with Crippen molar-refractivity contribution in [2.75, 3.05) is 19.7 Å². The van der Waals surface area contributed by atoms with E-state index in [-0.39, 0.29) is 11.5 Å². The zero-order valence-electron chi connectivity index (χ0n) is 9.82. The first kappa shape index (κ1) is 12.3. The van der Waals surface area contributed by atoms with Gasteiger partial charge >= 0.3 is 6.09 Å². The van der Waals surface area contributed by atoms with Crippen molar-refractivity contribution in [3.8, 4) is 0 Å². The lowest BCUT2D eigenvalue weighted by Gasteiger charge is -2.29. The minimum Gasteiger partial charge on any atom is -0.465 e. The largest absolute Gasteiger partial charge is 0.465 e. The fraction of sp³-hybridized carbons (Fsp3) is 0.909. The molecule has 4 heteroatoms. The number of rotatable bonds is 3. The van der Waals surface area contributed by atoms with Gasteiger partial charge < -0.3 is 14.7 Å². The maximum atomic E-state index is 11.0. The minimum absolute atomic E-state index is 0.00298. The van der Waals surface area contributed by atoms with Gasteiger partial charge in [0.1, 0.15) is 0 Å². The Hall–Kier alpha value is -0.770. The van der Waals surface area contributed by atoms with Gasteiger partial charge in [-0.05, 0) is 18.3 Å². The number of amides is 1. The second-order valence-corrected chi connectivity index (χ2v) is 5.36. The summed E-state index contributed by atoms with van der Waals surface area (Å²) in [5.74, 6) is 0. The smallest absolute Gasteiger partial charge is 0.407 e. The molecular formula is C11H21NO3. The minimum atomic E-state index is -0.847. The molecule has 88 valence electrons. The molecule has 0 radical (unpaired) electrons. The van der Waals surface area contributed by atoms with Crippen LogP contribution in [-0.2, 0) is 4.74 Å². The highest BCUT2D eigenvalue weighted by molar-refractivity contribution is 5.65. The van der Waals surface area contributed by atoms with Crippen LogP contribution in [-0.4, -0.2) is 41.9 Å². The quantitative estimate of drug-likeness (QED) is 0.785. The maximum absolute atomic E-state index is 11.0. The molecule has 0 aromatic heterocycles. The van der Waals surface area contributed by atoms with Crippen LogP contribution in [0.5, 0.6) is 0 Å². The molecule has 0 bridgehead atoms. The van der Waals surface area contributed by atoms with Gasteiger partial charge in [-0.3, -0.25) is 0 Å². The second-order valence-electron chi connectivity index (χ2n) is 5.36. The van der Waals surface area contributed by atoms with Crippen LogP contribution >= 0.6 is 0 Å². The van der Waals surface area contributed by atoms with E-state index < -0.39 is 6.09 Å². The molecule has 0 spiro atoms. The highest BCUT2D eigenvalue weighted by atomic mass is 16.5. The number of hydrogen-bond donors (Lipinski definition) is 1. The number of carboxylic acid groups (broad SMARTS) is 1. The Morgan fingerprint density at radius 2 is 2.20 bits per heavy atom. The SMILES string of the molecule is CC(C)(C)CN(C[C@@H]1CCCO1)C(=O)O. The second kappa shape index (κ2) is 4.84. The third-order valence-electron chi connectivity index (χ3n) is 2.38. The van der Waals surface area contributed by atoms with E-state index in [1.54, 1.807) is 0 Å². The zero-order valence-corrected chi connectivity index (χ0v) is 9.82. The molecule has 4 nitrogen and oxygen atoms in total. The average Bonchev–Trinajstić information content (AvgIpc) is 2.52. The van der Waals surface area contributed by atoms with Crippen molar-refractivity contribution in [1.82, 2.24) is 4.90 Å². The van der Waals surface area contributed by atoms with Gasteiger partial charge in [-0.2, -0.15) is 0 Å². The highest BCUT2D eigenvalue weighted by Crippen LogP contribution is 2.18. The van der Waals surface area contributed by atoms with E-state index in [9.17, 15) is 4.79 Å². The molecule has 0 aromatic carbocycles. The van der Waals surface area contributed by atoms with Crippen LogP contribution in [0.2, 0.25) is 0 Å². The predicted octanol–water partition coefficient (Wildman–Crippen LogP) is 2.19. The molecule has 1 aliphatic heterocycles. The first-order chi connectivity index (χ1) is 6.88. The molecule has 1 fully saturated rings. The Morgan fingerprint density at radius 3 is 2.60 bits per heavy atom. The van der Waals surface area contributed by atoms with E-state index >= 15 is 0 Å². The standard InChI is InChI=1S/C11H21NO3/c1-11(2,3)8-12(10(13)14)7-9-5-4-6-15-9/h9H,4-8H2,1-3H3,(H,13,14)/t9-/m0/s1. The number of hydrogen-bond acceptors (Lipinski definition) is 2. The summed E-state index contributed by atoms with van der Waals surface area (Å²) < 4.78 is 5.44. The maximum Gasteiger partial charge on any atom is 0.407 e. The van der Waals surface area contributed by atoms with Gasteiger partial charge in [0.25, 0.3) is 0 Å². The van der Waals surface area contributed by atoms with Gasteiger partial charge in [0.2, 0.25) is 0 Å². The molecule has 0 aromatic rings. The molecule has 1 aliphatic rings. The average molecular weight is 215 g/mol. The van der Waals surface area contributed by atoms with E-state index in [1.807, 2.05) is 20.8 Å². The summed E-state index contributed by atoms with van der Waals surface area (Å²) in [6.45, 7) is 7.96. The summed E-state index contributed by atoms with van der Waals surface area (Å²) in [4.78, 5) is 12.5. The van der Waals surface area contributed by atoms with Gasteiger partial charge in [-0.25, -0.2) is 4.79 Å². The third kappa shape index (κ3) is 4.51. The van der Waals surface area contributed by atoms with E-state index in [0.29, 0.717) is 13.1 Å². The van der Waals surface area contributed by atoms with Crippen molar-refractivity contribution in [1.29, 1.82) is 0 Å². The zero-order chi connectivity index (χ0) is 11.5. The first-order valence-corrected chi connectivity index (χ1v) is 5.48. The lowest BCUT2D eigenvalue weighted by molar-refractivity contribution is 0.0589. The molecule has 1 atom stereocenters. The molecule has 15 heavy (non-hydrogen) atoms. The van der Waals surface area contributed by atoms with Crippen LogP contribution in [0.15, 0.2) is 0 Å². The lowest BCUT2D eigenvalue weighted by Crippen LogP contribution is -2.41. The summed E-state index contributed by atoms with van der Waals surface area (Å²) in [6, 6.07) is 0. The Morgan fingerprint density at radius 1 is 1.53 bits per heavy atom. The third-order valence-corrected chi connectivity index (χ3v) is 2.38. The van der Waals surface area contributed by atoms with Crippen molar-refractivity contribution in [2.24, 2.45) is 5.41 Å². The molecule has 1 amide bonds. The topological polar surface area (TPSA) is 49.8 Å². The van der Waals surface area contributed by atoms with Gasteiger partial charge in [0.05, 0.1) is 12.6 Å². The molecule has 1 heterocycles. The molecule has 1 rings (SSSR count). The molecule has 0 unspecified atom stereocenters. The fourth-order valence-electron chi connectivity index (χ4n) is 1.82. The van der Waals surface area contributed by atoms with Crippen LogP contribution in [0, 0.1) is 5.41 Å². The number of ether oxygens (including phenoxy) is 1. The van der Waals surface area contributed by atoms with Crippen molar-refractivity contribution in [3.63, 3.8) is 0 Å². The number of carbonyl (C=O) groups is 1. The van der Waals surface area contributed by atoms with Crippen LogP contribution in [0.4, 0.5) is 4.79 Å². The van der Waals surface area contributed by atoms with Crippen molar-refractivity contribution in [3.05, 3.63) is 0 Å². The van der Waals surface area contributed by atoms with Crippen molar-refractivity contribution in [2.45, 2.75) is 39.7 Å². The Labute approximate surface area is 91.2 Å². The van der Waals surface area contributed by atoms with E-state index in [1.165, 1.54) is 4.90 Å². The monoisotopic (exact) mass is 215 g/mol. The first-order valence-electron chi connectivity index (χ1n) is 5.48. The van der Waals surface area contributed by atoms with Gasteiger partial charge in [0, 0.05) is 13.2 Å². The normalized spacial score (nSPS) is 21.7. The Balaban J connectivity index is 2.46. The van der Waals surface area contributed by atoms with Crippen molar-refractivity contribution < 1.29 is 14.6 Å². The summed E-state index contributed by atoms with van der Waals surface area (Å²) >= 11 is 0. The fourth-order valence-corrected chi connectivity index (χ4v) is 1.82. The van der Waals surface area contributed by atoms with Crippen LogP contribution in [0.25, 0.3) is 0 Å². The summed E-state index contributed by atoms with van der Waals surface area (Å²) in [5.41, 5.74) is -0.00298. The Bertz CT molecular complexity index is 216. The lowest BCUT2D eigenvalue weighted by atomic mass is 9.96. The predicted molar refractivity (Wildman–Crippen MR) is 58.0 cm³/mol. The summed E-state index contributed by atoms with van der Waals surface area (Å²) in [5, 5.41) is 9.07. The van der Waals surface area contributed by atoms with Gasteiger partial charge in [-0.1, -0.05) is 20.8 Å². The highest BCUT2D eigenvalue weighted by Gasteiger charge is 2.25. The van der Waals surface area contributed by atoms with Crippen LogP contribution in [0.1, 0.15) is 33.6 Å². The number of nitrogens with zero attached hydrogens (tertiary/aromatic N) is 1. The Kier molecular flexibility index (Phi) is 3.97. The summed E-state index contributed by atoms with van der Waals surface area (Å²) in [7, 11) is 0. The molecule has 0 aliphatic carbocycles. The van der Waals surface area contributed by atoms with Crippen LogP contribution < -0.4 is 0 Å². The van der Waals surface area contributed by atoms with Crippen molar-refractivity contribution >= 4 is 6.09 Å². The molecule has 1 N–H and O–H groups in total.